The van der Waals surface area contributed by atoms with Gasteiger partial charge in [-0.1, -0.05) is 18.2 Å². The summed E-state index contributed by atoms with van der Waals surface area (Å²) in [5, 5.41) is 6.57. The lowest BCUT2D eigenvalue weighted by atomic mass is 10.1. The number of aryl methyl sites for hydroxylation is 1. The average molecular weight is 389 g/mol. The van der Waals surface area contributed by atoms with Crippen molar-refractivity contribution in [2.24, 2.45) is 4.99 Å². The normalized spacial score (nSPS) is 12.0. The molecule has 2 N–H and O–H groups in total. The summed E-state index contributed by atoms with van der Waals surface area (Å²) in [5.41, 5.74) is 3.27. The Morgan fingerprint density at radius 3 is 2.33 bits per heavy atom. The fraction of sp³-hybridized carbons (Fsp3) is 0.400. The van der Waals surface area contributed by atoms with Crippen molar-refractivity contribution in [2.75, 3.05) is 25.9 Å². The van der Waals surface area contributed by atoms with Gasteiger partial charge in [0.1, 0.15) is 0 Å². The van der Waals surface area contributed by atoms with E-state index in [0.29, 0.717) is 11.4 Å². The van der Waals surface area contributed by atoms with E-state index in [9.17, 15) is 8.42 Å². The van der Waals surface area contributed by atoms with Crippen LogP contribution in [0.25, 0.3) is 0 Å². The van der Waals surface area contributed by atoms with Crippen molar-refractivity contribution in [1.82, 2.24) is 15.6 Å². The van der Waals surface area contributed by atoms with Crippen LogP contribution in [0.3, 0.4) is 0 Å². The average Bonchev–Trinajstić information content (AvgIpc) is 2.63. The Hall–Kier alpha value is -2.41. The number of benzene rings is 1. The topological polar surface area (TPSA) is 83.5 Å². The number of aromatic nitrogens is 1. The minimum atomic E-state index is -3.15. The maximum Gasteiger partial charge on any atom is 0.191 e. The van der Waals surface area contributed by atoms with Crippen LogP contribution < -0.4 is 10.6 Å². The molecule has 1 heterocycles. The number of rotatable bonds is 8. The molecule has 2 rings (SSSR count). The Labute approximate surface area is 162 Å². The third kappa shape index (κ3) is 7.38. The number of sulfone groups is 1. The van der Waals surface area contributed by atoms with Gasteiger partial charge in [-0.3, -0.25) is 9.98 Å². The highest BCUT2D eigenvalue weighted by Crippen LogP contribution is 2.10. The van der Waals surface area contributed by atoms with Crippen LogP contribution in [0.4, 0.5) is 0 Å². The first-order valence-corrected chi connectivity index (χ1v) is 11.0. The molecule has 2 aromatic rings. The lowest BCUT2D eigenvalue weighted by Crippen LogP contribution is -2.38. The smallest absolute Gasteiger partial charge is 0.191 e. The van der Waals surface area contributed by atoms with Gasteiger partial charge in [-0.25, -0.2) is 8.42 Å². The molecule has 0 atom stereocenters. The molecule has 1 aromatic heterocycles. The molecule has 0 radical (unpaired) electrons. The van der Waals surface area contributed by atoms with Gasteiger partial charge >= 0.3 is 0 Å². The molecular formula is C20H28N4O2S. The molecule has 0 unspecified atom stereocenters. The van der Waals surface area contributed by atoms with Crippen LogP contribution in [0.15, 0.2) is 52.5 Å². The van der Waals surface area contributed by atoms with Gasteiger partial charge in [0.2, 0.25) is 0 Å². The number of aliphatic imine (C=N–C) groups is 1. The molecule has 0 fully saturated rings. The number of hydrogen-bond acceptors (Lipinski definition) is 4. The summed E-state index contributed by atoms with van der Waals surface area (Å²) in [6, 6.07) is 11.1. The highest BCUT2D eigenvalue weighted by Gasteiger charge is 2.06. The zero-order valence-electron chi connectivity index (χ0n) is 16.2. The minimum Gasteiger partial charge on any atom is -0.357 e. The Bertz CT molecular complexity index is 845. The van der Waals surface area contributed by atoms with Gasteiger partial charge in [-0.15, -0.1) is 0 Å². The fourth-order valence-corrected chi connectivity index (χ4v) is 3.14. The third-order valence-electron chi connectivity index (χ3n) is 4.04. The maximum atomic E-state index is 11.5. The first-order chi connectivity index (χ1) is 12.9. The highest BCUT2D eigenvalue weighted by molar-refractivity contribution is 7.90. The number of guanidine groups is 1. The second-order valence-corrected chi connectivity index (χ2v) is 8.43. The summed E-state index contributed by atoms with van der Waals surface area (Å²) < 4.78 is 23.0. The maximum absolute atomic E-state index is 11.5. The second kappa shape index (κ2) is 10.1. The van der Waals surface area contributed by atoms with Crippen molar-refractivity contribution in [3.8, 4) is 0 Å². The van der Waals surface area contributed by atoms with Crippen molar-refractivity contribution in [3.63, 3.8) is 0 Å². The van der Waals surface area contributed by atoms with E-state index < -0.39 is 9.84 Å². The number of hydrogen-bond donors (Lipinski definition) is 2. The van der Waals surface area contributed by atoms with Gasteiger partial charge in [-0.2, -0.15) is 0 Å². The fourth-order valence-electron chi connectivity index (χ4n) is 2.51. The molecule has 0 aliphatic rings. The first kappa shape index (κ1) is 20.9. The molecule has 146 valence electrons. The van der Waals surface area contributed by atoms with Crippen molar-refractivity contribution in [2.45, 2.75) is 31.6 Å². The molecule has 0 saturated heterocycles. The van der Waals surface area contributed by atoms with Gasteiger partial charge in [-0.05, 0) is 56.0 Å². The lowest BCUT2D eigenvalue weighted by Gasteiger charge is -2.11. The third-order valence-corrected chi connectivity index (χ3v) is 5.17. The highest BCUT2D eigenvalue weighted by atomic mass is 32.2. The minimum absolute atomic E-state index is 0.343. The van der Waals surface area contributed by atoms with E-state index in [-0.39, 0.29) is 0 Å². The summed E-state index contributed by atoms with van der Waals surface area (Å²) in [5.74, 6) is 0.783. The van der Waals surface area contributed by atoms with Crippen LogP contribution in [0.5, 0.6) is 0 Å². The van der Waals surface area contributed by atoms with Crippen molar-refractivity contribution in [1.29, 1.82) is 0 Å². The van der Waals surface area contributed by atoms with Gasteiger partial charge in [0.25, 0.3) is 0 Å². The Balaban J connectivity index is 1.84. The molecule has 0 bridgehead atoms. The molecule has 0 aliphatic carbocycles. The summed E-state index contributed by atoms with van der Waals surface area (Å²) in [7, 11) is -3.15. The number of pyridine rings is 1. The van der Waals surface area contributed by atoms with Crippen LogP contribution in [0.2, 0.25) is 0 Å². The molecular weight excluding hydrogens is 360 g/mol. The Morgan fingerprint density at radius 2 is 1.74 bits per heavy atom. The molecule has 0 aliphatic heterocycles. The summed E-state index contributed by atoms with van der Waals surface area (Å²) in [6.45, 7) is 6.21. The summed E-state index contributed by atoms with van der Waals surface area (Å²) >= 11 is 0. The Morgan fingerprint density at radius 1 is 1.04 bits per heavy atom. The van der Waals surface area contributed by atoms with Crippen molar-refractivity contribution < 1.29 is 8.42 Å². The Kier molecular flexibility index (Phi) is 7.79. The summed E-state index contributed by atoms with van der Waals surface area (Å²) in [6.07, 6.45) is 4.75. The van der Waals surface area contributed by atoms with Gasteiger partial charge in [0.05, 0.1) is 4.90 Å². The molecule has 6 nitrogen and oxygen atoms in total. The molecule has 1 aromatic carbocycles. The van der Waals surface area contributed by atoms with Gasteiger partial charge < -0.3 is 10.6 Å². The van der Waals surface area contributed by atoms with Crippen LogP contribution in [0, 0.1) is 6.92 Å². The predicted octanol–water partition coefficient (Wildman–Crippen LogP) is 2.13. The van der Waals surface area contributed by atoms with E-state index in [1.807, 2.05) is 38.2 Å². The van der Waals surface area contributed by atoms with Crippen molar-refractivity contribution >= 4 is 15.8 Å². The zero-order valence-corrected chi connectivity index (χ0v) is 17.0. The number of nitrogens with zero attached hydrogens (tertiary/aromatic N) is 2. The number of nitrogens with one attached hydrogen (secondary N) is 2. The van der Waals surface area contributed by atoms with Gasteiger partial charge in [0.15, 0.2) is 15.8 Å². The summed E-state index contributed by atoms with van der Waals surface area (Å²) in [4.78, 5) is 9.24. The van der Waals surface area contributed by atoms with Crippen LogP contribution in [-0.2, 0) is 22.7 Å². The quantitative estimate of drug-likeness (QED) is 0.535. The standard InChI is InChI=1S/C20H28N4O2S/c1-4-21-20(23-14-12-18-6-5-16(2)24-15-18)22-13-11-17-7-9-19(10-8-17)27(3,25)26/h5-10,15H,4,11-14H2,1-3H3,(H2,21,22,23). The van der Waals surface area contributed by atoms with Gasteiger partial charge in [0, 0.05) is 37.8 Å². The van der Waals surface area contributed by atoms with Crippen LogP contribution in [0.1, 0.15) is 23.7 Å². The van der Waals surface area contributed by atoms with E-state index in [2.05, 4.69) is 26.7 Å². The largest absolute Gasteiger partial charge is 0.357 e. The molecule has 27 heavy (non-hydrogen) atoms. The van der Waals surface area contributed by atoms with E-state index in [4.69, 9.17) is 0 Å². The van der Waals surface area contributed by atoms with Crippen LogP contribution in [-0.4, -0.2) is 45.3 Å². The lowest BCUT2D eigenvalue weighted by molar-refractivity contribution is 0.602. The molecule has 0 saturated carbocycles. The predicted molar refractivity (Wildman–Crippen MR) is 110 cm³/mol. The monoisotopic (exact) mass is 388 g/mol. The van der Waals surface area contributed by atoms with E-state index in [1.165, 1.54) is 11.8 Å². The van der Waals surface area contributed by atoms with E-state index in [1.54, 1.807) is 12.1 Å². The second-order valence-electron chi connectivity index (χ2n) is 6.41. The SMILES string of the molecule is CCNC(=NCCc1ccc(S(C)(=O)=O)cc1)NCCc1ccc(C)nc1. The first-order valence-electron chi connectivity index (χ1n) is 9.11. The van der Waals surface area contributed by atoms with E-state index >= 15 is 0 Å². The van der Waals surface area contributed by atoms with Crippen molar-refractivity contribution in [3.05, 3.63) is 59.4 Å². The molecule has 0 spiro atoms. The zero-order chi connectivity index (χ0) is 19.7. The van der Waals surface area contributed by atoms with E-state index in [0.717, 1.165) is 43.1 Å². The van der Waals surface area contributed by atoms with Crippen LogP contribution >= 0.6 is 0 Å². The molecule has 7 heteroatoms. The molecule has 0 amide bonds.